The van der Waals surface area contributed by atoms with Crippen LogP contribution in [0.2, 0.25) is 0 Å². The van der Waals surface area contributed by atoms with Gasteiger partial charge in [0.15, 0.2) is 0 Å². The molecular formula is C18H26FN3O. The van der Waals surface area contributed by atoms with Gasteiger partial charge in [0, 0.05) is 12.0 Å². The maximum absolute atomic E-state index is 13.6. The van der Waals surface area contributed by atoms with Crippen molar-refractivity contribution >= 4 is 0 Å². The summed E-state index contributed by atoms with van der Waals surface area (Å²) in [6.45, 7) is 9.44. The lowest BCUT2D eigenvalue weighted by atomic mass is 10.1. The first kappa shape index (κ1) is 17.6. The highest BCUT2D eigenvalue weighted by molar-refractivity contribution is 5.54. The van der Waals surface area contributed by atoms with Gasteiger partial charge in [-0.25, -0.2) is 4.39 Å². The normalized spacial score (nSPS) is 11.3. The van der Waals surface area contributed by atoms with Crippen LogP contribution in [0, 0.1) is 12.7 Å². The molecule has 4 nitrogen and oxygen atoms in total. The maximum Gasteiger partial charge on any atom is 0.227 e. The van der Waals surface area contributed by atoms with Crippen molar-refractivity contribution in [1.29, 1.82) is 0 Å². The van der Waals surface area contributed by atoms with Crippen LogP contribution in [0.1, 0.15) is 44.6 Å². The third-order valence-electron chi connectivity index (χ3n) is 3.84. The summed E-state index contributed by atoms with van der Waals surface area (Å²) in [4.78, 5) is 6.84. The molecule has 0 aliphatic carbocycles. The molecule has 1 heterocycles. The molecule has 0 bridgehead atoms. The minimum absolute atomic E-state index is 0.247. The summed E-state index contributed by atoms with van der Waals surface area (Å²) < 4.78 is 18.9. The zero-order chi connectivity index (χ0) is 16.7. The van der Waals surface area contributed by atoms with E-state index in [0.29, 0.717) is 22.8 Å². The molecule has 0 unspecified atom stereocenters. The summed E-state index contributed by atoms with van der Waals surface area (Å²) >= 11 is 0. The molecule has 0 saturated carbocycles. The Morgan fingerprint density at radius 3 is 2.52 bits per heavy atom. The number of aromatic nitrogens is 2. The molecule has 0 amide bonds. The van der Waals surface area contributed by atoms with Gasteiger partial charge in [-0.15, -0.1) is 0 Å². The highest BCUT2D eigenvalue weighted by Crippen LogP contribution is 2.19. The third-order valence-corrected chi connectivity index (χ3v) is 3.84. The Labute approximate surface area is 137 Å². The Kier molecular flexibility index (Phi) is 6.71. The predicted octanol–water partition coefficient (Wildman–Crippen LogP) is 4.24. The van der Waals surface area contributed by atoms with Crippen LogP contribution in [0.5, 0.6) is 0 Å². The second kappa shape index (κ2) is 8.77. The van der Waals surface area contributed by atoms with Crippen molar-refractivity contribution in [1.82, 2.24) is 15.0 Å². The van der Waals surface area contributed by atoms with E-state index in [1.54, 1.807) is 13.0 Å². The van der Waals surface area contributed by atoms with Gasteiger partial charge < -0.3 is 9.42 Å². The fourth-order valence-corrected chi connectivity index (χ4v) is 2.63. The number of nitrogens with zero attached hydrogens (tertiary/aromatic N) is 3. The van der Waals surface area contributed by atoms with E-state index < -0.39 is 0 Å². The SMILES string of the molecule is CCCN(CCC)CCCc1nc(-c2ccc(C)c(F)c2)no1. The van der Waals surface area contributed by atoms with Crippen LogP contribution in [-0.2, 0) is 6.42 Å². The molecule has 0 radical (unpaired) electrons. The Balaban J connectivity index is 1.90. The third kappa shape index (κ3) is 5.13. The molecule has 0 atom stereocenters. The molecule has 2 rings (SSSR count). The molecule has 2 aromatic rings. The Morgan fingerprint density at radius 2 is 1.87 bits per heavy atom. The minimum atomic E-state index is -0.247. The first-order valence-corrected chi connectivity index (χ1v) is 8.45. The average molecular weight is 319 g/mol. The summed E-state index contributed by atoms with van der Waals surface area (Å²) in [6.07, 6.45) is 4.09. The Bertz CT molecular complexity index is 606. The van der Waals surface area contributed by atoms with Gasteiger partial charge in [-0.2, -0.15) is 4.98 Å². The number of hydrogen-bond donors (Lipinski definition) is 0. The molecule has 1 aromatic carbocycles. The molecule has 0 fully saturated rings. The van der Waals surface area contributed by atoms with Crippen molar-refractivity contribution in [3.63, 3.8) is 0 Å². The van der Waals surface area contributed by atoms with E-state index in [1.807, 2.05) is 6.07 Å². The van der Waals surface area contributed by atoms with Crippen molar-refractivity contribution in [2.45, 2.75) is 46.5 Å². The molecule has 0 aliphatic rings. The number of rotatable bonds is 9. The topological polar surface area (TPSA) is 42.2 Å². The molecular weight excluding hydrogens is 293 g/mol. The maximum atomic E-state index is 13.6. The monoisotopic (exact) mass is 319 g/mol. The number of halogens is 1. The Morgan fingerprint density at radius 1 is 1.13 bits per heavy atom. The molecule has 0 aliphatic heterocycles. The van der Waals surface area contributed by atoms with Gasteiger partial charge in [-0.3, -0.25) is 0 Å². The summed E-state index contributed by atoms with van der Waals surface area (Å²) in [5.41, 5.74) is 1.27. The van der Waals surface area contributed by atoms with Crippen LogP contribution in [0.4, 0.5) is 4.39 Å². The van der Waals surface area contributed by atoms with E-state index in [9.17, 15) is 4.39 Å². The van der Waals surface area contributed by atoms with Gasteiger partial charge in [0.25, 0.3) is 0 Å². The lowest BCUT2D eigenvalue weighted by molar-refractivity contribution is 0.266. The van der Waals surface area contributed by atoms with Crippen molar-refractivity contribution in [3.8, 4) is 11.4 Å². The van der Waals surface area contributed by atoms with E-state index >= 15 is 0 Å². The lowest BCUT2D eigenvalue weighted by Gasteiger charge is -2.20. The molecule has 0 saturated heterocycles. The fraction of sp³-hybridized carbons (Fsp3) is 0.556. The summed E-state index contributed by atoms with van der Waals surface area (Å²) in [5.74, 6) is 0.829. The molecule has 5 heteroatoms. The van der Waals surface area contributed by atoms with Gasteiger partial charge in [0.05, 0.1) is 0 Å². The van der Waals surface area contributed by atoms with Crippen molar-refractivity contribution in [2.24, 2.45) is 0 Å². The van der Waals surface area contributed by atoms with Crippen molar-refractivity contribution in [2.75, 3.05) is 19.6 Å². The highest BCUT2D eigenvalue weighted by Gasteiger charge is 2.11. The number of hydrogen-bond acceptors (Lipinski definition) is 4. The highest BCUT2D eigenvalue weighted by atomic mass is 19.1. The van der Waals surface area contributed by atoms with Crippen molar-refractivity contribution in [3.05, 3.63) is 35.5 Å². The quantitative estimate of drug-likeness (QED) is 0.693. The average Bonchev–Trinajstić information content (AvgIpc) is 2.99. The first-order valence-electron chi connectivity index (χ1n) is 8.45. The lowest BCUT2D eigenvalue weighted by Crippen LogP contribution is -2.26. The van der Waals surface area contributed by atoms with Crippen LogP contribution in [0.15, 0.2) is 22.7 Å². The van der Waals surface area contributed by atoms with Crippen LogP contribution in [-0.4, -0.2) is 34.7 Å². The summed E-state index contributed by atoms with van der Waals surface area (Å²) in [6, 6.07) is 5.00. The largest absolute Gasteiger partial charge is 0.339 e. The predicted molar refractivity (Wildman–Crippen MR) is 89.8 cm³/mol. The van der Waals surface area contributed by atoms with E-state index in [-0.39, 0.29) is 5.82 Å². The van der Waals surface area contributed by atoms with E-state index in [4.69, 9.17) is 4.52 Å². The zero-order valence-corrected chi connectivity index (χ0v) is 14.3. The van der Waals surface area contributed by atoms with E-state index in [1.165, 1.54) is 18.9 Å². The minimum Gasteiger partial charge on any atom is -0.339 e. The van der Waals surface area contributed by atoms with Crippen LogP contribution < -0.4 is 0 Å². The standard InChI is InChI=1S/C18H26FN3O/c1-4-10-22(11-5-2)12-6-7-17-20-18(21-23-17)15-9-8-14(3)16(19)13-15/h8-9,13H,4-7,10-12H2,1-3H3. The zero-order valence-electron chi connectivity index (χ0n) is 14.3. The summed E-state index contributed by atoms with van der Waals surface area (Å²) in [5, 5.41) is 3.96. The number of benzene rings is 1. The molecule has 126 valence electrons. The smallest absolute Gasteiger partial charge is 0.227 e. The summed E-state index contributed by atoms with van der Waals surface area (Å²) in [7, 11) is 0. The second-order valence-electron chi connectivity index (χ2n) is 5.92. The van der Waals surface area contributed by atoms with E-state index in [2.05, 4.69) is 28.9 Å². The van der Waals surface area contributed by atoms with Gasteiger partial charge in [-0.1, -0.05) is 31.1 Å². The van der Waals surface area contributed by atoms with Gasteiger partial charge >= 0.3 is 0 Å². The van der Waals surface area contributed by atoms with Gasteiger partial charge in [-0.05, 0) is 57.5 Å². The Hall–Kier alpha value is -1.75. The van der Waals surface area contributed by atoms with Gasteiger partial charge in [0.2, 0.25) is 11.7 Å². The van der Waals surface area contributed by atoms with Crippen LogP contribution in [0.25, 0.3) is 11.4 Å². The molecule has 0 spiro atoms. The fourth-order valence-electron chi connectivity index (χ4n) is 2.63. The molecule has 23 heavy (non-hydrogen) atoms. The first-order chi connectivity index (χ1) is 11.1. The van der Waals surface area contributed by atoms with Crippen molar-refractivity contribution < 1.29 is 8.91 Å². The molecule has 1 aromatic heterocycles. The number of aryl methyl sites for hydroxylation is 2. The van der Waals surface area contributed by atoms with Gasteiger partial charge in [0.1, 0.15) is 5.82 Å². The second-order valence-corrected chi connectivity index (χ2v) is 5.92. The van der Waals surface area contributed by atoms with Crippen LogP contribution in [0.3, 0.4) is 0 Å². The van der Waals surface area contributed by atoms with Crippen LogP contribution >= 0.6 is 0 Å². The van der Waals surface area contributed by atoms with E-state index in [0.717, 1.165) is 32.5 Å². The molecule has 0 N–H and O–H groups in total.